The lowest BCUT2D eigenvalue weighted by Gasteiger charge is -2.15. The predicted octanol–water partition coefficient (Wildman–Crippen LogP) is 2.56. The van der Waals surface area contributed by atoms with Gasteiger partial charge in [-0.05, 0) is 42.1 Å². The van der Waals surface area contributed by atoms with E-state index in [9.17, 15) is 4.79 Å². The predicted molar refractivity (Wildman–Crippen MR) is 90.4 cm³/mol. The normalized spacial score (nSPS) is 12.4. The van der Waals surface area contributed by atoms with Crippen molar-refractivity contribution in [2.45, 2.75) is 11.3 Å². The molecule has 114 valence electrons. The topological polar surface area (TPSA) is 77.3 Å². The zero-order valence-electron chi connectivity index (χ0n) is 12.2. The maximum absolute atomic E-state index is 12.2. The Bertz CT molecular complexity index is 810. The number of para-hydroxylation sites is 1. The van der Waals surface area contributed by atoms with Gasteiger partial charge in [0.2, 0.25) is 5.84 Å². The lowest BCUT2D eigenvalue weighted by molar-refractivity contribution is -0.114. The smallest absolute Gasteiger partial charge is 0.287 e. The summed E-state index contributed by atoms with van der Waals surface area (Å²) in [5.74, 6) is 0.0451. The van der Waals surface area contributed by atoms with Gasteiger partial charge in [0.25, 0.3) is 5.91 Å². The highest BCUT2D eigenvalue weighted by Crippen LogP contribution is 2.30. The Morgan fingerprint density at radius 1 is 1.22 bits per heavy atom. The van der Waals surface area contributed by atoms with Gasteiger partial charge in [0.1, 0.15) is 0 Å². The minimum absolute atomic E-state index is 0.249. The van der Waals surface area contributed by atoms with Crippen molar-refractivity contribution in [1.29, 1.82) is 5.26 Å². The van der Waals surface area contributed by atoms with E-state index in [0.29, 0.717) is 24.4 Å². The molecule has 6 heteroatoms. The number of nitrogens with zero attached hydrogens (tertiary/aromatic N) is 2. The molecule has 0 fully saturated rings. The maximum atomic E-state index is 12.2. The van der Waals surface area contributed by atoms with Crippen LogP contribution in [0, 0.1) is 11.3 Å². The van der Waals surface area contributed by atoms with Crippen molar-refractivity contribution in [3.05, 3.63) is 59.7 Å². The molecule has 1 amide bonds. The molecule has 0 bridgehead atoms. The standard InChI is InChI=1S/C17H14N4OS/c18-11-13-6-2-1-5-12(13)9-10-19-17(22)16-20-14-7-3-4-8-15(14)23-21-16/h1-8H,9-10H2,(H,19,22)(H,20,21). The highest BCUT2D eigenvalue weighted by atomic mass is 32.2. The number of amidine groups is 1. The summed E-state index contributed by atoms with van der Waals surface area (Å²) < 4.78 is 2.95. The van der Waals surface area contributed by atoms with E-state index in [0.717, 1.165) is 16.1 Å². The van der Waals surface area contributed by atoms with Crippen molar-refractivity contribution in [3.63, 3.8) is 0 Å². The molecule has 0 spiro atoms. The zero-order valence-corrected chi connectivity index (χ0v) is 13.1. The molecule has 5 nitrogen and oxygen atoms in total. The van der Waals surface area contributed by atoms with Gasteiger partial charge in [0, 0.05) is 6.54 Å². The van der Waals surface area contributed by atoms with Crippen molar-refractivity contribution in [1.82, 2.24) is 10.0 Å². The number of fused-ring (bicyclic) bond motifs is 1. The first-order valence-corrected chi connectivity index (χ1v) is 7.96. The van der Waals surface area contributed by atoms with Crippen LogP contribution in [0.15, 0.2) is 58.4 Å². The van der Waals surface area contributed by atoms with Gasteiger partial charge in [-0.3, -0.25) is 4.79 Å². The minimum atomic E-state index is -0.249. The first-order valence-electron chi connectivity index (χ1n) is 7.15. The Kier molecular flexibility index (Phi) is 4.60. The van der Waals surface area contributed by atoms with Gasteiger partial charge in [-0.15, -0.1) is 0 Å². The summed E-state index contributed by atoms with van der Waals surface area (Å²) in [5, 5.41) is 11.9. The average molecular weight is 322 g/mol. The summed E-state index contributed by atoms with van der Waals surface area (Å²) in [7, 11) is 0. The largest absolute Gasteiger partial charge is 0.349 e. The summed E-state index contributed by atoms with van der Waals surface area (Å²) >= 11 is 1.38. The molecule has 1 heterocycles. The van der Waals surface area contributed by atoms with E-state index >= 15 is 0 Å². The molecule has 2 N–H and O–H groups in total. The Labute approximate surface area is 138 Å². The summed E-state index contributed by atoms with van der Waals surface area (Å²) in [4.78, 5) is 17.5. The van der Waals surface area contributed by atoms with Crippen molar-refractivity contribution in [2.75, 3.05) is 6.54 Å². The molecule has 0 aromatic heterocycles. The highest BCUT2D eigenvalue weighted by molar-refractivity contribution is 7.98. The van der Waals surface area contributed by atoms with Crippen LogP contribution in [0.3, 0.4) is 0 Å². The van der Waals surface area contributed by atoms with Crippen molar-refractivity contribution < 1.29 is 4.79 Å². The van der Waals surface area contributed by atoms with Crippen molar-refractivity contribution in [3.8, 4) is 6.07 Å². The fourth-order valence-corrected chi connectivity index (χ4v) is 2.93. The Hall–Kier alpha value is -2.78. The summed E-state index contributed by atoms with van der Waals surface area (Å²) in [6, 6.07) is 17.2. The minimum Gasteiger partial charge on any atom is -0.349 e. The van der Waals surface area contributed by atoms with E-state index in [-0.39, 0.29) is 5.91 Å². The number of nitriles is 1. The first kappa shape index (κ1) is 15.1. The van der Waals surface area contributed by atoms with E-state index in [1.54, 1.807) is 6.07 Å². The number of carbonyl (C=O) groups is 1. The Balaban J connectivity index is 1.61. The van der Waals surface area contributed by atoms with Gasteiger partial charge in [-0.25, -0.2) is 4.99 Å². The van der Waals surface area contributed by atoms with Crippen LogP contribution in [-0.4, -0.2) is 18.3 Å². The highest BCUT2D eigenvalue weighted by Gasteiger charge is 2.17. The van der Waals surface area contributed by atoms with Crippen LogP contribution in [-0.2, 0) is 11.2 Å². The fourth-order valence-electron chi connectivity index (χ4n) is 2.22. The number of nitrogens with one attached hydrogen (secondary N) is 2. The van der Waals surface area contributed by atoms with Crippen LogP contribution in [0.5, 0.6) is 0 Å². The number of carbonyl (C=O) groups excluding carboxylic acids is 1. The third-order valence-electron chi connectivity index (χ3n) is 3.39. The van der Waals surface area contributed by atoms with Gasteiger partial charge < -0.3 is 10.0 Å². The lowest BCUT2D eigenvalue weighted by Crippen LogP contribution is -2.39. The quantitative estimate of drug-likeness (QED) is 0.848. The SMILES string of the molecule is N#Cc1ccccc1CCNC(=O)C1=Nc2ccccc2SN1. The number of rotatable bonds is 4. The molecule has 1 aliphatic rings. The number of amides is 1. The second kappa shape index (κ2) is 6.99. The monoisotopic (exact) mass is 322 g/mol. The second-order valence-electron chi connectivity index (χ2n) is 4.91. The van der Waals surface area contributed by atoms with Gasteiger partial charge >= 0.3 is 0 Å². The van der Waals surface area contributed by atoms with Crippen LogP contribution < -0.4 is 10.0 Å². The van der Waals surface area contributed by atoms with E-state index in [1.807, 2.05) is 42.5 Å². The molecule has 0 unspecified atom stereocenters. The van der Waals surface area contributed by atoms with Crippen LogP contribution in [0.4, 0.5) is 5.69 Å². The summed E-state index contributed by atoms with van der Waals surface area (Å²) in [6.45, 7) is 0.449. The number of hydrogen-bond donors (Lipinski definition) is 2. The molecule has 1 aliphatic heterocycles. The number of aliphatic imine (C=N–C) groups is 1. The molecular formula is C17H14N4OS. The van der Waals surface area contributed by atoms with E-state index in [2.05, 4.69) is 21.1 Å². The molecule has 3 rings (SSSR count). The Morgan fingerprint density at radius 2 is 2.00 bits per heavy atom. The molecule has 23 heavy (non-hydrogen) atoms. The fraction of sp³-hybridized carbons (Fsp3) is 0.118. The van der Waals surface area contributed by atoms with Crippen molar-refractivity contribution in [2.24, 2.45) is 4.99 Å². The zero-order chi connectivity index (χ0) is 16.1. The van der Waals surface area contributed by atoms with E-state index < -0.39 is 0 Å². The molecule has 0 aliphatic carbocycles. The second-order valence-corrected chi connectivity index (χ2v) is 5.76. The van der Waals surface area contributed by atoms with E-state index in [1.165, 1.54) is 11.9 Å². The van der Waals surface area contributed by atoms with Crippen LogP contribution in [0.1, 0.15) is 11.1 Å². The third kappa shape index (κ3) is 3.52. The summed E-state index contributed by atoms with van der Waals surface area (Å²) in [6.07, 6.45) is 0.604. The van der Waals surface area contributed by atoms with E-state index in [4.69, 9.17) is 5.26 Å². The molecule has 0 saturated carbocycles. The number of hydrogen-bond acceptors (Lipinski definition) is 5. The first-order chi connectivity index (χ1) is 11.3. The van der Waals surface area contributed by atoms with Gasteiger partial charge in [-0.2, -0.15) is 5.26 Å². The molecule has 2 aromatic carbocycles. The molecule has 0 atom stereocenters. The maximum Gasteiger partial charge on any atom is 0.287 e. The van der Waals surface area contributed by atoms with Gasteiger partial charge in [0.15, 0.2) is 0 Å². The van der Waals surface area contributed by atoms with Crippen LogP contribution >= 0.6 is 11.9 Å². The van der Waals surface area contributed by atoms with Gasteiger partial charge in [0.05, 0.1) is 22.2 Å². The average Bonchev–Trinajstić information content (AvgIpc) is 2.61. The molecule has 2 aromatic rings. The van der Waals surface area contributed by atoms with Gasteiger partial charge in [-0.1, -0.05) is 30.3 Å². The van der Waals surface area contributed by atoms with Crippen LogP contribution in [0.2, 0.25) is 0 Å². The molecule has 0 radical (unpaired) electrons. The molecular weight excluding hydrogens is 308 g/mol. The molecule has 0 saturated heterocycles. The van der Waals surface area contributed by atoms with Crippen molar-refractivity contribution >= 4 is 29.4 Å². The summed E-state index contributed by atoms with van der Waals surface area (Å²) in [5.41, 5.74) is 2.35. The third-order valence-corrected chi connectivity index (χ3v) is 4.25. The lowest BCUT2D eigenvalue weighted by atomic mass is 10.1. The Morgan fingerprint density at radius 3 is 2.87 bits per heavy atom. The number of benzene rings is 2. The van der Waals surface area contributed by atoms with Crippen LogP contribution in [0.25, 0.3) is 0 Å².